The highest BCUT2D eigenvalue weighted by atomic mass is 35.5. The quantitative estimate of drug-likeness (QED) is 0.573. The average molecular weight is 403 g/mol. The molecular formula is C21H27ClN4O2. The molecule has 7 heteroatoms. The summed E-state index contributed by atoms with van der Waals surface area (Å²) in [5, 5.41) is 7.64. The molecule has 2 aromatic rings. The average Bonchev–Trinajstić information content (AvgIpc) is 3.19. The van der Waals surface area contributed by atoms with Gasteiger partial charge in [-0.05, 0) is 42.3 Å². The molecule has 0 aromatic heterocycles. The number of ether oxygens (including phenoxy) is 2. The van der Waals surface area contributed by atoms with Crippen LogP contribution in [0.3, 0.4) is 0 Å². The van der Waals surface area contributed by atoms with Crippen LogP contribution in [0.2, 0.25) is 5.02 Å². The van der Waals surface area contributed by atoms with E-state index in [0.29, 0.717) is 12.6 Å². The zero-order valence-electron chi connectivity index (χ0n) is 16.5. The van der Waals surface area contributed by atoms with Crippen LogP contribution in [0.15, 0.2) is 47.5 Å². The van der Waals surface area contributed by atoms with E-state index in [-0.39, 0.29) is 0 Å². The van der Waals surface area contributed by atoms with Gasteiger partial charge >= 0.3 is 0 Å². The van der Waals surface area contributed by atoms with E-state index < -0.39 is 0 Å². The van der Waals surface area contributed by atoms with Crippen LogP contribution >= 0.6 is 11.6 Å². The molecule has 0 radical (unpaired) electrons. The number of guanidine groups is 1. The van der Waals surface area contributed by atoms with Gasteiger partial charge in [-0.2, -0.15) is 0 Å². The van der Waals surface area contributed by atoms with Gasteiger partial charge < -0.3 is 25.0 Å². The third-order valence-electron chi connectivity index (χ3n) is 4.83. The molecule has 0 saturated carbocycles. The van der Waals surface area contributed by atoms with Crippen molar-refractivity contribution < 1.29 is 9.47 Å². The first-order chi connectivity index (χ1) is 13.6. The van der Waals surface area contributed by atoms with Crippen LogP contribution in [-0.2, 0) is 6.54 Å². The van der Waals surface area contributed by atoms with Crippen molar-refractivity contribution in [2.45, 2.75) is 19.0 Å². The zero-order valence-corrected chi connectivity index (χ0v) is 17.3. The number of anilines is 1. The van der Waals surface area contributed by atoms with E-state index in [1.54, 1.807) is 21.3 Å². The number of rotatable bonds is 6. The standard InChI is InChI=1S/C21H27ClN4O2/c1-23-21(24-13-15-7-8-19(27-2)20(11-15)28-3)25-17-9-10-26(14-17)18-6-4-5-16(22)12-18/h4-8,11-12,17H,9-10,13-14H2,1-3H3,(H2,23,24,25). The summed E-state index contributed by atoms with van der Waals surface area (Å²) in [6, 6.07) is 14.2. The van der Waals surface area contributed by atoms with Crippen LogP contribution in [0.1, 0.15) is 12.0 Å². The topological polar surface area (TPSA) is 58.1 Å². The van der Waals surface area contributed by atoms with Crippen molar-refractivity contribution in [3.63, 3.8) is 0 Å². The van der Waals surface area contributed by atoms with Gasteiger partial charge in [0.1, 0.15) is 0 Å². The van der Waals surface area contributed by atoms with Gasteiger partial charge in [-0.3, -0.25) is 4.99 Å². The maximum Gasteiger partial charge on any atom is 0.191 e. The summed E-state index contributed by atoms with van der Waals surface area (Å²) >= 11 is 6.12. The highest BCUT2D eigenvalue weighted by Gasteiger charge is 2.23. The molecular weight excluding hydrogens is 376 g/mol. The number of aliphatic imine (C=N–C) groups is 1. The van der Waals surface area contributed by atoms with Crippen molar-refractivity contribution in [3.8, 4) is 11.5 Å². The van der Waals surface area contributed by atoms with E-state index in [2.05, 4.69) is 26.6 Å². The Morgan fingerprint density at radius 3 is 2.71 bits per heavy atom. The Morgan fingerprint density at radius 1 is 1.18 bits per heavy atom. The van der Waals surface area contributed by atoms with Gasteiger partial charge in [0.05, 0.1) is 14.2 Å². The molecule has 1 atom stereocenters. The summed E-state index contributed by atoms with van der Waals surface area (Å²) in [6.45, 7) is 2.55. The predicted molar refractivity (Wildman–Crippen MR) is 115 cm³/mol. The van der Waals surface area contributed by atoms with Crippen molar-refractivity contribution in [2.75, 3.05) is 39.3 Å². The molecule has 0 aliphatic carbocycles. The van der Waals surface area contributed by atoms with Gasteiger partial charge in [-0.15, -0.1) is 0 Å². The third-order valence-corrected chi connectivity index (χ3v) is 5.07. The lowest BCUT2D eigenvalue weighted by molar-refractivity contribution is 0.354. The Labute approximate surface area is 171 Å². The van der Waals surface area contributed by atoms with Crippen LogP contribution < -0.4 is 25.0 Å². The molecule has 6 nitrogen and oxygen atoms in total. The Hall–Kier alpha value is -2.60. The number of halogens is 1. The molecule has 1 saturated heterocycles. The number of hydrogen-bond acceptors (Lipinski definition) is 4. The van der Waals surface area contributed by atoms with E-state index in [0.717, 1.165) is 53.2 Å². The van der Waals surface area contributed by atoms with Crippen molar-refractivity contribution >= 4 is 23.2 Å². The molecule has 1 aliphatic heterocycles. The van der Waals surface area contributed by atoms with Crippen LogP contribution in [-0.4, -0.2) is 46.4 Å². The maximum atomic E-state index is 6.12. The number of nitrogens with one attached hydrogen (secondary N) is 2. The molecule has 2 N–H and O–H groups in total. The molecule has 1 aliphatic rings. The molecule has 1 fully saturated rings. The number of methoxy groups -OCH3 is 2. The van der Waals surface area contributed by atoms with Gasteiger partial charge in [0.15, 0.2) is 17.5 Å². The van der Waals surface area contributed by atoms with Crippen LogP contribution in [0.5, 0.6) is 11.5 Å². The summed E-state index contributed by atoms with van der Waals surface area (Å²) in [6.07, 6.45) is 1.05. The minimum atomic E-state index is 0.329. The fourth-order valence-electron chi connectivity index (χ4n) is 3.35. The van der Waals surface area contributed by atoms with Gasteiger partial charge in [-0.25, -0.2) is 0 Å². The van der Waals surface area contributed by atoms with Crippen molar-refractivity contribution in [2.24, 2.45) is 4.99 Å². The fourth-order valence-corrected chi connectivity index (χ4v) is 3.53. The molecule has 150 valence electrons. The maximum absolute atomic E-state index is 6.12. The van der Waals surface area contributed by atoms with E-state index in [9.17, 15) is 0 Å². The first-order valence-corrected chi connectivity index (χ1v) is 9.69. The summed E-state index contributed by atoms with van der Waals surface area (Å²) < 4.78 is 10.7. The molecule has 0 spiro atoms. The Morgan fingerprint density at radius 2 is 2.00 bits per heavy atom. The smallest absolute Gasteiger partial charge is 0.191 e. The largest absolute Gasteiger partial charge is 0.493 e. The van der Waals surface area contributed by atoms with Gasteiger partial charge in [-0.1, -0.05) is 23.7 Å². The van der Waals surface area contributed by atoms with Crippen LogP contribution in [0, 0.1) is 0 Å². The zero-order chi connectivity index (χ0) is 19.9. The van der Waals surface area contributed by atoms with Crippen LogP contribution in [0.4, 0.5) is 5.69 Å². The van der Waals surface area contributed by atoms with E-state index in [1.807, 2.05) is 36.4 Å². The number of nitrogens with zero attached hydrogens (tertiary/aromatic N) is 2. The first kappa shape index (κ1) is 20.1. The van der Waals surface area contributed by atoms with Crippen molar-refractivity contribution in [3.05, 3.63) is 53.1 Å². The highest BCUT2D eigenvalue weighted by molar-refractivity contribution is 6.30. The monoisotopic (exact) mass is 402 g/mol. The number of hydrogen-bond donors (Lipinski definition) is 2. The third kappa shape index (κ3) is 5.01. The summed E-state index contributed by atoms with van der Waals surface area (Å²) in [4.78, 5) is 6.69. The van der Waals surface area contributed by atoms with E-state index >= 15 is 0 Å². The number of benzene rings is 2. The van der Waals surface area contributed by atoms with Gasteiger partial charge in [0.25, 0.3) is 0 Å². The predicted octanol–water partition coefficient (Wildman–Crippen LogP) is 3.30. The Kier molecular flexibility index (Phi) is 6.87. The minimum Gasteiger partial charge on any atom is -0.493 e. The van der Waals surface area contributed by atoms with E-state index in [1.165, 1.54) is 0 Å². The van der Waals surface area contributed by atoms with Crippen molar-refractivity contribution in [1.29, 1.82) is 0 Å². The summed E-state index contributed by atoms with van der Waals surface area (Å²) in [5.41, 5.74) is 2.25. The van der Waals surface area contributed by atoms with E-state index in [4.69, 9.17) is 21.1 Å². The second-order valence-corrected chi connectivity index (χ2v) is 7.11. The SMILES string of the molecule is CN=C(NCc1ccc(OC)c(OC)c1)NC1CCN(c2cccc(Cl)c2)C1. The molecule has 1 unspecified atom stereocenters. The Balaban J connectivity index is 1.54. The van der Waals surface area contributed by atoms with Crippen molar-refractivity contribution in [1.82, 2.24) is 10.6 Å². The lowest BCUT2D eigenvalue weighted by Gasteiger charge is -2.20. The second kappa shape index (κ2) is 9.55. The molecule has 3 rings (SSSR count). The summed E-state index contributed by atoms with van der Waals surface area (Å²) in [5.74, 6) is 2.23. The lowest BCUT2D eigenvalue weighted by Crippen LogP contribution is -2.44. The molecule has 0 bridgehead atoms. The van der Waals surface area contributed by atoms with Gasteiger partial charge in [0.2, 0.25) is 0 Å². The molecule has 2 aromatic carbocycles. The van der Waals surface area contributed by atoms with Crippen LogP contribution in [0.25, 0.3) is 0 Å². The second-order valence-electron chi connectivity index (χ2n) is 6.67. The molecule has 0 amide bonds. The first-order valence-electron chi connectivity index (χ1n) is 9.31. The fraction of sp³-hybridized carbons (Fsp3) is 0.381. The molecule has 1 heterocycles. The Bertz CT molecular complexity index is 828. The summed E-state index contributed by atoms with van der Waals surface area (Å²) in [7, 11) is 5.06. The van der Waals surface area contributed by atoms with Gasteiger partial charge in [0, 0.05) is 43.4 Å². The lowest BCUT2D eigenvalue weighted by atomic mass is 10.2. The molecule has 28 heavy (non-hydrogen) atoms. The minimum absolute atomic E-state index is 0.329. The normalized spacial score (nSPS) is 16.8. The highest BCUT2D eigenvalue weighted by Crippen LogP contribution is 2.27.